The number of aliphatic hydroxyl groups excluding tert-OH is 17. The largest absolute Gasteiger partial charge is 0.394 e. The predicted molar refractivity (Wildman–Crippen MR) is 383 cm³/mol. The van der Waals surface area contributed by atoms with Crippen molar-refractivity contribution in [2.45, 2.75) is 398 Å². The fourth-order valence-corrected chi connectivity index (χ4v) is 14.7. The molecule has 636 valence electrons. The van der Waals surface area contributed by atoms with Crippen molar-refractivity contribution in [2.75, 3.05) is 39.6 Å². The molecule has 0 aromatic rings. The lowest BCUT2D eigenvalue weighted by Crippen LogP contribution is -2.71. The predicted octanol–water partition coefficient (Wildman–Crippen LogP) is -2.18. The summed E-state index contributed by atoms with van der Waals surface area (Å²) in [5.74, 6) is -2.03. The summed E-state index contributed by atoms with van der Waals surface area (Å²) < 4.78 is 72.4. The molecule has 6 aliphatic rings. The van der Waals surface area contributed by atoms with Crippen LogP contribution in [-0.2, 0) is 71.2 Å². The van der Waals surface area contributed by atoms with Crippen LogP contribution < -0.4 is 16.0 Å². The monoisotopic (exact) mass is 1580 g/mol. The van der Waals surface area contributed by atoms with E-state index >= 15 is 0 Å². The van der Waals surface area contributed by atoms with Crippen molar-refractivity contribution in [1.29, 1.82) is 0 Å². The Morgan fingerprint density at radius 3 is 1.24 bits per heavy atom. The normalized spacial score (nSPS) is 37.9. The number of hydrogen-bond donors (Lipinski definition) is 20. The number of ether oxygens (including phenoxy) is 12. The molecule has 109 heavy (non-hydrogen) atoms. The molecule has 6 rings (SSSR count). The summed E-state index contributed by atoms with van der Waals surface area (Å²) in [6.07, 6.45) is -23.4. The first-order valence-electron chi connectivity index (χ1n) is 39.8. The topological polar surface area (TPSA) is 542 Å². The van der Waals surface area contributed by atoms with Crippen LogP contribution in [0.15, 0.2) is 12.2 Å². The fraction of sp³-hybridized carbons (Fsp3) is 0.932. The van der Waals surface area contributed by atoms with Crippen LogP contribution in [0.3, 0.4) is 0 Å². The van der Waals surface area contributed by atoms with Gasteiger partial charge in [0.15, 0.2) is 37.7 Å². The number of unbranched alkanes of at least 4 members (excludes halogenated alkanes) is 23. The van der Waals surface area contributed by atoms with Crippen LogP contribution in [0.2, 0.25) is 0 Å². The first-order chi connectivity index (χ1) is 52.3. The number of carbonyl (C=O) groups is 3. The summed E-state index contributed by atoms with van der Waals surface area (Å²) in [7, 11) is 0. The number of aliphatic hydroxyl groups is 17. The van der Waals surface area contributed by atoms with Crippen molar-refractivity contribution in [3.63, 3.8) is 0 Å². The molecule has 6 saturated heterocycles. The van der Waals surface area contributed by atoms with Crippen LogP contribution >= 0.6 is 0 Å². The summed E-state index contributed by atoms with van der Waals surface area (Å²) >= 11 is 0. The minimum atomic E-state index is -2.26. The molecule has 0 aliphatic carbocycles. The van der Waals surface area contributed by atoms with Crippen LogP contribution in [0.5, 0.6) is 0 Å². The zero-order valence-electron chi connectivity index (χ0n) is 64.0. The minimum Gasteiger partial charge on any atom is -0.394 e. The maximum atomic E-state index is 13.5. The van der Waals surface area contributed by atoms with E-state index < -0.39 is 248 Å². The number of carbonyl (C=O) groups excluding carboxylic acids is 3. The smallest absolute Gasteiger partial charge is 0.220 e. The lowest BCUT2D eigenvalue weighted by Gasteiger charge is -2.52. The zero-order valence-corrected chi connectivity index (χ0v) is 64.0. The van der Waals surface area contributed by atoms with Gasteiger partial charge in [-0.05, 0) is 26.2 Å². The Bertz CT molecular complexity index is 2540. The van der Waals surface area contributed by atoms with Crippen LogP contribution in [0.4, 0.5) is 0 Å². The summed E-state index contributed by atoms with van der Waals surface area (Å²) in [4.78, 5) is 39.3. The van der Waals surface area contributed by atoms with Gasteiger partial charge in [-0.15, -0.1) is 0 Å². The van der Waals surface area contributed by atoms with Crippen molar-refractivity contribution in [1.82, 2.24) is 16.0 Å². The van der Waals surface area contributed by atoms with Crippen molar-refractivity contribution >= 4 is 17.7 Å². The Labute approximate surface area is 639 Å². The van der Waals surface area contributed by atoms with Gasteiger partial charge in [-0.25, -0.2) is 0 Å². The second-order valence-electron chi connectivity index (χ2n) is 29.9. The Morgan fingerprint density at radius 2 is 0.752 bits per heavy atom. The summed E-state index contributed by atoms with van der Waals surface area (Å²) in [5, 5.41) is 198. The molecule has 12 unspecified atom stereocenters. The molecule has 0 saturated carbocycles. The number of allylic oxidation sites excluding steroid dienone is 1. The van der Waals surface area contributed by atoms with Gasteiger partial charge in [0.25, 0.3) is 0 Å². The minimum absolute atomic E-state index is 0.167. The average Bonchev–Trinajstić information content (AvgIpc) is 0.760. The van der Waals surface area contributed by atoms with Crippen LogP contribution in [0.1, 0.15) is 202 Å². The Hall–Kier alpha value is -3.01. The van der Waals surface area contributed by atoms with E-state index in [4.69, 9.17) is 56.8 Å². The van der Waals surface area contributed by atoms with Gasteiger partial charge in [-0.3, -0.25) is 14.4 Å². The summed E-state index contributed by atoms with van der Waals surface area (Å²) in [5.41, 5.74) is 0. The van der Waals surface area contributed by atoms with Gasteiger partial charge in [0.05, 0.1) is 57.9 Å². The quantitative estimate of drug-likeness (QED) is 0.0227. The van der Waals surface area contributed by atoms with E-state index in [0.29, 0.717) is 12.8 Å². The van der Waals surface area contributed by atoms with Crippen LogP contribution in [0.25, 0.3) is 0 Å². The highest BCUT2D eigenvalue weighted by Gasteiger charge is 2.59. The summed E-state index contributed by atoms with van der Waals surface area (Å²) in [6, 6.07) is -4.61. The third-order valence-corrected chi connectivity index (χ3v) is 21.2. The SMILES string of the molecule is CCCCCCCCCCCCC/C=C/[C@@H](O)[C@H](CO[C@@H]1OC(CO)[C@@H](O[C@@H]2OC(CO)[C@H](O)[C@H](O[C@@H]3OC(CO)[C@@H](O[C@@H]4OC(CO)[C@H](O)[C@H](O[C@@H]5OC(CO)[C@@H](O)[C@H](O)C5NC(C)=O)C4O)[C@H](O[C@H]4OC(C)[C@@H](O)C(O)[C@@H]4O)C3NC(C)=O)C2O)[C@H](O)C1O)NC(=O)CCCCCCCCCCCCCCC. The van der Waals surface area contributed by atoms with Crippen LogP contribution in [-0.4, -0.2) is 340 Å². The molecule has 6 aliphatic heterocycles. The Kier molecular flexibility index (Phi) is 43.3. The van der Waals surface area contributed by atoms with E-state index in [2.05, 4.69) is 29.8 Å². The zero-order chi connectivity index (χ0) is 79.9. The second kappa shape index (κ2) is 49.8. The van der Waals surface area contributed by atoms with Crippen molar-refractivity contribution in [3.05, 3.63) is 12.2 Å². The third-order valence-electron chi connectivity index (χ3n) is 21.2. The first-order valence-corrected chi connectivity index (χ1v) is 39.8. The van der Waals surface area contributed by atoms with Gasteiger partial charge in [0.1, 0.15) is 140 Å². The number of hydrogen-bond acceptors (Lipinski definition) is 32. The van der Waals surface area contributed by atoms with Crippen molar-refractivity contribution in [2.24, 2.45) is 0 Å². The molecule has 0 aromatic heterocycles. The van der Waals surface area contributed by atoms with E-state index in [1.165, 1.54) is 103 Å². The molecular weight excluding hydrogens is 1440 g/mol. The van der Waals surface area contributed by atoms with Gasteiger partial charge >= 0.3 is 0 Å². The highest BCUT2D eigenvalue weighted by atomic mass is 16.8. The molecular formula is C74H133N3O32. The number of amides is 3. The van der Waals surface area contributed by atoms with Gasteiger partial charge in [0.2, 0.25) is 17.7 Å². The molecule has 32 atom stereocenters. The molecule has 6 heterocycles. The molecule has 0 radical (unpaired) electrons. The third kappa shape index (κ3) is 28.4. The maximum absolute atomic E-state index is 13.5. The van der Waals surface area contributed by atoms with E-state index in [0.717, 1.165) is 65.2 Å². The van der Waals surface area contributed by atoms with Gasteiger partial charge < -0.3 is 160 Å². The molecule has 35 heteroatoms. The Balaban J connectivity index is 1.18. The molecule has 35 nitrogen and oxygen atoms in total. The van der Waals surface area contributed by atoms with Crippen molar-refractivity contribution < 1.29 is 158 Å². The van der Waals surface area contributed by atoms with Crippen molar-refractivity contribution in [3.8, 4) is 0 Å². The van der Waals surface area contributed by atoms with Crippen LogP contribution in [0, 0.1) is 0 Å². The lowest BCUT2D eigenvalue weighted by molar-refractivity contribution is -0.395. The summed E-state index contributed by atoms with van der Waals surface area (Å²) in [6.45, 7) is 2.24. The van der Waals surface area contributed by atoms with Gasteiger partial charge in [-0.2, -0.15) is 0 Å². The molecule has 0 aromatic carbocycles. The molecule has 20 N–H and O–H groups in total. The lowest BCUT2D eigenvalue weighted by atomic mass is 9.93. The highest BCUT2D eigenvalue weighted by Crippen LogP contribution is 2.39. The van der Waals surface area contributed by atoms with E-state index in [1.807, 2.05) is 6.08 Å². The van der Waals surface area contributed by atoms with Gasteiger partial charge in [-0.1, -0.05) is 167 Å². The standard InChI is InChI=1S/C74H133N3O32/c1-6-8-10-12-14-16-18-20-22-24-26-28-30-32-44(85)43(77-50(86)33-31-29-27-25-23-21-19-17-15-13-11-9-7-2)39-98-71-61(95)59(93)64(48(37-81)104-71)105-73-62(96)68(56(90)46(35-79)101-73)109-70-52(76-42(5)84)66(107-72-60(94)58(92)53(87)40(3)99-72)65(49(38-82)103-70)106-74-63(97)67(55(89)47(36-80)102-74)108-69-51(75-41(4)83)57(91)54(88)45(34-78)100-69/h30,32,40,43-49,51-74,78-82,85,87-97H,6-29,31,33-39H2,1-5H3,(H,75,83)(H,76,84)(H,77,86)/b32-30+/t40?,43-,44+,45?,46?,47?,48?,49?,51?,52?,53+,54+,55-,56-,57+,58?,59+,60-,61?,62?,63?,64+,65+,66+,67-,68-,69-,70-,71+,72+,73-,74-/m0/s1. The molecule has 0 bridgehead atoms. The molecule has 0 spiro atoms. The van der Waals surface area contributed by atoms with Gasteiger partial charge in [0, 0.05) is 20.3 Å². The Morgan fingerprint density at radius 1 is 0.376 bits per heavy atom. The maximum Gasteiger partial charge on any atom is 0.220 e. The van der Waals surface area contributed by atoms with E-state index in [1.54, 1.807) is 6.08 Å². The molecule has 3 amide bonds. The fourth-order valence-electron chi connectivity index (χ4n) is 14.7. The number of nitrogens with one attached hydrogen (secondary N) is 3. The second-order valence-corrected chi connectivity index (χ2v) is 29.9. The molecule has 6 fully saturated rings. The number of rotatable bonds is 49. The highest BCUT2D eigenvalue weighted by molar-refractivity contribution is 5.76. The average molecular weight is 1580 g/mol. The van der Waals surface area contributed by atoms with E-state index in [9.17, 15) is 101 Å². The first kappa shape index (κ1) is 94.8. The van der Waals surface area contributed by atoms with E-state index in [-0.39, 0.29) is 12.3 Å².